The number of hydrogen-bond donors (Lipinski definition) is 0. The van der Waals surface area contributed by atoms with Gasteiger partial charge in [-0.25, -0.2) is 8.42 Å². The first kappa shape index (κ1) is 20.3. The number of ether oxygens (including phenoxy) is 1. The van der Waals surface area contributed by atoms with Crippen molar-refractivity contribution in [3.05, 3.63) is 81.6 Å². The lowest BCUT2D eigenvalue weighted by atomic mass is 10.0. The Morgan fingerprint density at radius 2 is 1.86 bits per heavy atom. The quantitative estimate of drug-likeness (QED) is 0.567. The predicted octanol–water partition coefficient (Wildman–Crippen LogP) is 4.91. The van der Waals surface area contributed by atoms with E-state index in [1.165, 1.54) is 4.31 Å². The Morgan fingerprint density at radius 3 is 2.55 bits per heavy atom. The minimum atomic E-state index is -3.78. The molecule has 1 atom stereocenters. The third kappa shape index (κ3) is 3.55. The van der Waals surface area contributed by atoms with Crippen LogP contribution in [0.1, 0.15) is 22.9 Å². The summed E-state index contributed by atoms with van der Waals surface area (Å²) < 4.78 is 36.1. The van der Waals surface area contributed by atoms with Gasteiger partial charge in [0.15, 0.2) is 0 Å². The van der Waals surface area contributed by atoms with Crippen LogP contribution in [0, 0.1) is 6.92 Å². The van der Waals surface area contributed by atoms with Gasteiger partial charge < -0.3 is 9.30 Å². The third-order valence-corrected chi connectivity index (χ3v) is 7.65. The molecule has 4 rings (SSSR count). The van der Waals surface area contributed by atoms with E-state index in [1.807, 2.05) is 25.3 Å². The standard InChI is InChI=1S/C21H20Cl2N2O3S/c1-14-12-16(6-8-20(14)28-2)29(26,27)25-11-10-24-9-3-4-19(24)21(25)17-7-5-15(22)13-18(17)23/h3-9,12-13,21H,10-11H2,1-2H3/t21-/m1/s1. The van der Waals surface area contributed by atoms with E-state index in [0.29, 0.717) is 34.4 Å². The van der Waals surface area contributed by atoms with Gasteiger partial charge in [0.25, 0.3) is 0 Å². The Balaban J connectivity index is 1.86. The molecule has 0 aliphatic carbocycles. The van der Waals surface area contributed by atoms with Crippen LogP contribution in [-0.2, 0) is 16.6 Å². The number of rotatable bonds is 4. The van der Waals surface area contributed by atoms with E-state index in [0.717, 1.165) is 11.3 Å². The molecule has 0 unspecified atom stereocenters. The van der Waals surface area contributed by atoms with E-state index < -0.39 is 16.1 Å². The minimum absolute atomic E-state index is 0.228. The molecule has 152 valence electrons. The zero-order valence-electron chi connectivity index (χ0n) is 16.0. The number of halogens is 2. The summed E-state index contributed by atoms with van der Waals surface area (Å²) in [6.45, 7) is 2.73. The summed E-state index contributed by atoms with van der Waals surface area (Å²) in [7, 11) is -2.22. The maximum atomic E-state index is 13.6. The van der Waals surface area contributed by atoms with Crippen LogP contribution in [0.15, 0.2) is 59.6 Å². The number of aryl methyl sites for hydroxylation is 1. The first-order valence-electron chi connectivity index (χ1n) is 9.09. The minimum Gasteiger partial charge on any atom is -0.496 e. The lowest BCUT2D eigenvalue weighted by Gasteiger charge is -2.36. The zero-order valence-corrected chi connectivity index (χ0v) is 18.3. The molecule has 5 nitrogen and oxygen atoms in total. The van der Waals surface area contributed by atoms with E-state index in [-0.39, 0.29) is 4.90 Å². The Kier molecular flexibility index (Phi) is 5.38. The fraction of sp³-hybridized carbons (Fsp3) is 0.238. The molecular weight excluding hydrogens is 431 g/mol. The van der Waals surface area contributed by atoms with Gasteiger partial charge >= 0.3 is 0 Å². The molecule has 3 aromatic rings. The van der Waals surface area contributed by atoms with Crippen molar-refractivity contribution in [1.82, 2.24) is 8.87 Å². The number of aromatic nitrogens is 1. The first-order chi connectivity index (χ1) is 13.8. The van der Waals surface area contributed by atoms with Gasteiger partial charge in [0.1, 0.15) is 5.75 Å². The first-order valence-corrected chi connectivity index (χ1v) is 11.3. The van der Waals surface area contributed by atoms with E-state index in [2.05, 4.69) is 4.57 Å². The van der Waals surface area contributed by atoms with E-state index >= 15 is 0 Å². The molecule has 29 heavy (non-hydrogen) atoms. The fourth-order valence-electron chi connectivity index (χ4n) is 3.81. The lowest BCUT2D eigenvalue weighted by molar-refractivity contribution is 0.298. The van der Waals surface area contributed by atoms with Crippen molar-refractivity contribution in [2.45, 2.75) is 24.4 Å². The SMILES string of the molecule is COc1ccc(S(=O)(=O)N2CCn3cccc3[C@H]2c2ccc(Cl)cc2Cl)cc1C. The highest BCUT2D eigenvalue weighted by Gasteiger charge is 2.38. The van der Waals surface area contributed by atoms with Crippen molar-refractivity contribution in [2.75, 3.05) is 13.7 Å². The maximum Gasteiger partial charge on any atom is 0.244 e. The maximum absolute atomic E-state index is 13.6. The molecule has 8 heteroatoms. The van der Waals surface area contributed by atoms with Gasteiger partial charge in [0, 0.05) is 35.0 Å². The molecular formula is C21H20Cl2N2O3S. The average molecular weight is 451 g/mol. The largest absolute Gasteiger partial charge is 0.496 e. The Hall–Kier alpha value is -1.99. The molecule has 0 amide bonds. The number of nitrogens with zero attached hydrogens (tertiary/aromatic N) is 2. The van der Waals surface area contributed by atoms with Crippen LogP contribution in [0.4, 0.5) is 0 Å². The molecule has 1 aromatic heterocycles. The molecule has 0 saturated carbocycles. The van der Waals surface area contributed by atoms with Gasteiger partial charge in [-0.1, -0.05) is 29.3 Å². The van der Waals surface area contributed by atoms with Crippen molar-refractivity contribution < 1.29 is 13.2 Å². The zero-order chi connectivity index (χ0) is 20.8. The van der Waals surface area contributed by atoms with Crippen LogP contribution < -0.4 is 4.74 Å². The van der Waals surface area contributed by atoms with Crippen LogP contribution in [0.5, 0.6) is 5.75 Å². The van der Waals surface area contributed by atoms with Crippen LogP contribution in [0.3, 0.4) is 0 Å². The van der Waals surface area contributed by atoms with Gasteiger partial charge in [0.2, 0.25) is 10.0 Å². The Labute approximate surface area is 180 Å². The van der Waals surface area contributed by atoms with E-state index in [4.69, 9.17) is 27.9 Å². The lowest BCUT2D eigenvalue weighted by Crippen LogP contribution is -2.42. The van der Waals surface area contributed by atoms with Gasteiger partial charge in [-0.15, -0.1) is 0 Å². The van der Waals surface area contributed by atoms with Crippen molar-refractivity contribution >= 4 is 33.2 Å². The fourth-order valence-corrected chi connectivity index (χ4v) is 5.97. The van der Waals surface area contributed by atoms with Crippen LogP contribution >= 0.6 is 23.2 Å². The van der Waals surface area contributed by atoms with Crippen molar-refractivity contribution in [2.24, 2.45) is 0 Å². The molecule has 1 aliphatic heterocycles. The second-order valence-corrected chi connectivity index (χ2v) is 9.68. The smallest absolute Gasteiger partial charge is 0.244 e. The number of hydrogen-bond acceptors (Lipinski definition) is 3. The summed E-state index contributed by atoms with van der Waals surface area (Å²) >= 11 is 12.6. The molecule has 0 radical (unpaired) electrons. The van der Waals surface area contributed by atoms with Gasteiger partial charge in [0.05, 0.1) is 18.0 Å². The number of methoxy groups -OCH3 is 1. The highest BCUT2D eigenvalue weighted by Crippen LogP contribution is 2.40. The highest BCUT2D eigenvalue weighted by molar-refractivity contribution is 7.89. The van der Waals surface area contributed by atoms with Crippen molar-refractivity contribution in [3.8, 4) is 5.75 Å². The van der Waals surface area contributed by atoms with Crippen molar-refractivity contribution in [3.63, 3.8) is 0 Å². The molecule has 2 heterocycles. The summed E-state index contributed by atoms with van der Waals surface area (Å²) in [4.78, 5) is 0.228. The third-order valence-electron chi connectivity index (χ3n) is 5.22. The number of fused-ring (bicyclic) bond motifs is 1. The summed E-state index contributed by atoms with van der Waals surface area (Å²) in [5, 5.41) is 0.938. The Morgan fingerprint density at radius 1 is 1.07 bits per heavy atom. The van der Waals surface area contributed by atoms with E-state index in [9.17, 15) is 8.42 Å². The molecule has 0 fully saturated rings. The van der Waals surface area contributed by atoms with Crippen LogP contribution in [0.25, 0.3) is 0 Å². The van der Waals surface area contributed by atoms with E-state index in [1.54, 1.807) is 43.5 Å². The topological polar surface area (TPSA) is 51.5 Å². The second kappa shape index (κ2) is 7.69. The summed E-state index contributed by atoms with van der Waals surface area (Å²) in [5.74, 6) is 0.647. The summed E-state index contributed by atoms with van der Waals surface area (Å²) in [6, 6.07) is 13.4. The predicted molar refractivity (Wildman–Crippen MR) is 114 cm³/mol. The summed E-state index contributed by atoms with van der Waals surface area (Å²) in [5.41, 5.74) is 2.33. The monoisotopic (exact) mass is 450 g/mol. The molecule has 0 spiro atoms. The molecule has 2 aromatic carbocycles. The molecule has 0 N–H and O–H groups in total. The summed E-state index contributed by atoms with van der Waals surface area (Å²) in [6.07, 6.45) is 1.95. The number of benzene rings is 2. The second-order valence-electron chi connectivity index (χ2n) is 6.94. The molecule has 0 saturated heterocycles. The number of sulfonamides is 1. The highest BCUT2D eigenvalue weighted by atomic mass is 35.5. The molecule has 0 bridgehead atoms. The Bertz CT molecular complexity index is 1170. The average Bonchev–Trinajstić information content (AvgIpc) is 3.16. The normalized spacial score (nSPS) is 17.2. The van der Waals surface area contributed by atoms with Crippen LogP contribution in [0.2, 0.25) is 10.0 Å². The van der Waals surface area contributed by atoms with Crippen molar-refractivity contribution in [1.29, 1.82) is 0 Å². The van der Waals surface area contributed by atoms with Gasteiger partial charge in [-0.05, 0) is 60.5 Å². The van der Waals surface area contributed by atoms with Gasteiger partial charge in [-0.2, -0.15) is 4.31 Å². The molecule has 1 aliphatic rings. The van der Waals surface area contributed by atoms with Crippen LogP contribution in [-0.4, -0.2) is 30.9 Å². The van der Waals surface area contributed by atoms with Gasteiger partial charge in [-0.3, -0.25) is 0 Å².